The lowest BCUT2D eigenvalue weighted by molar-refractivity contribution is -0.138. The molecule has 0 amide bonds. The molecule has 0 aliphatic heterocycles. The van der Waals surface area contributed by atoms with Crippen LogP contribution < -0.4 is 0 Å². The molecular formula is C13H10F3NO. The van der Waals surface area contributed by atoms with Crippen LogP contribution in [0, 0.1) is 0 Å². The van der Waals surface area contributed by atoms with Gasteiger partial charge in [0.2, 0.25) is 0 Å². The fourth-order valence-electron chi connectivity index (χ4n) is 1.65. The highest BCUT2D eigenvalue weighted by atomic mass is 19.4. The van der Waals surface area contributed by atoms with Crippen LogP contribution in [0.15, 0.2) is 42.6 Å². The normalized spacial score (nSPS) is 11.6. The summed E-state index contributed by atoms with van der Waals surface area (Å²) in [4.78, 5) is 3.79. The van der Waals surface area contributed by atoms with Gasteiger partial charge in [0.1, 0.15) is 0 Å². The minimum atomic E-state index is -4.50. The molecule has 2 nitrogen and oxygen atoms in total. The summed E-state index contributed by atoms with van der Waals surface area (Å²) in [5.74, 6) is 0. The van der Waals surface area contributed by atoms with Crippen molar-refractivity contribution in [2.75, 3.05) is 0 Å². The number of aromatic nitrogens is 1. The lowest BCUT2D eigenvalue weighted by atomic mass is 10.1. The molecule has 18 heavy (non-hydrogen) atoms. The molecule has 1 aromatic carbocycles. The number of halogens is 3. The maximum absolute atomic E-state index is 12.6. The molecule has 1 heterocycles. The molecule has 1 aromatic heterocycles. The average molecular weight is 253 g/mol. The molecule has 0 fully saturated rings. The van der Waals surface area contributed by atoms with Crippen LogP contribution >= 0.6 is 0 Å². The van der Waals surface area contributed by atoms with Gasteiger partial charge >= 0.3 is 6.18 Å². The van der Waals surface area contributed by atoms with Gasteiger partial charge < -0.3 is 5.11 Å². The van der Waals surface area contributed by atoms with Crippen LogP contribution in [0.5, 0.6) is 0 Å². The fourth-order valence-corrected chi connectivity index (χ4v) is 1.65. The Labute approximate surface area is 102 Å². The molecule has 1 N–H and O–H groups in total. The van der Waals surface area contributed by atoms with Crippen LogP contribution in [0.1, 0.15) is 11.1 Å². The Hall–Kier alpha value is -1.88. The van der Waals surface area contributed by atoms with Crippen LogP contribution in [0.25, 0.3) is 11.3 Å². The van der Waals surface area contributed by atoms with Crippen LogP contribution in [-0.4, -0.2) is 10.1 Å². The number of aliphatic hydroxyl groups excluding tert-OH is 1. The van der Waals surface area contributed by atoms with Crippen molar-refractivity contribution in [3.63, 3.8) is 0 Å². The Morgan fingerprint density at radius 2 is 1.78 bits per heavy atom. The lowest BCUT2D eigenvalue weighted by Crippen LogP contribution is -2.10. The third-order valence-electron chi connectivity index (χ3n) is 2.53. The highest BCUT2D eigenvalue weighted by molar-refractivity contribution is 5.60. The van der Waals surface area contributed by atoms with Gasteiger partial charge in [0, 0.05) is 11.8 Å². The Bertz CT molecular complexity index is 538. The summed E-state index contributed by atoms with van der Waals surface area (Å²) in [5, 5.41) is 9.03. The minimum absolute atomic E-state index is 0.170. The van der Waals surface area contributed by atoms with E-state index < -0.39 is 18.3 Å². The summed E-state index contributed by atoms with van der Waals surface area (Å²) < 4.78 is 37.9. The van der Waals surface area contributed by atoms with E-state index in [1.807, 2.05) is 0 Å². The summed E-state index contributed by atoms with van der Waals surface area (Å²) in [6, 6.07) is 10.1. The molecule has 0 spiro atoms. The molecule has 0 aliphatic carbocycles. The second-order valence-electron chi connectivity index (χ2n) is 3.75. The first-order chi connectivity index (χ1) is 8.52. The van der Waals surface area contributed by atoms with Gasteiger partial charge in [0.05, 0.1) is 17.9 Å². The van der Waals surface area contributed by atoms with Crippen molar-refractivity contribution in [1.29, 1.82) is 0 Å². The van der Waals surface area contributed by atoms with E-state index >= 15 is 0 Å². The van der Waals surface area contributed by atoms with Crippen molar-refractivity contribution >= 4 is 0 Å². The van der Waals surface area contributed by atoms with Crippen LogP contribution in [0.2, 0.25) is 0 Å². The molecule has 0 saturated carbocycles. The topological polar surface area (TPSA) is 33.1 Å². The second-order valence-corrected chi connectivity index (χ2v) is 3.75. The zero-order valence-electron chi connectivity index (χ0n) is 9.28. The fraction of sp³-hybridized carbons (Fsp3) is 0.154. The average Bonchev–Trinajstić information content (AvgIpc) is 2.38. The number of hydrogen-bond donors (Lipinski definition) is 1. The molecule has 2 aromatic rings. The lowest BCUT2D eigenvalue weighted by Gasteiger charge is -2.12. The molecule has 5 heteroatoms. The summed E-state index contributed by atoms with van der Waals surface area (Å²) >= 11 is 0. The Morgan fingerprint density at radius 1 is 1.11 bits per heavy atom. The van der Waals surface area contributed by atoms with E-state index in [-0.39, 0.29) is 5.56 Å². The third kappa shape index (κ3) is 2.51. The molecule has 0 atom stereocenters. The quantitative estimate of drug-likeness (QED) is 0.891. The van der Waals surface area contributed by atoms with Crippen molar-refractivity contribution in [3.05, 3.63) is 53.7 Å². The molecule has 2 rings (SSSR count). The molecule has 0 bridgehead atoms. The van der Waals surface area contributed by atoms with Gasteiger partial charge in [-0.25, -0.2) is 0 Å². The van der Waals surface area contributed by atoms with Gasteiger partial charge in [-0.3, -0.25) is 4.98 Å². The van der Waals surface area contributed by atoms with Gasteiger partial charge in [-0.2, -0.15) is 13.2 Å². The second kappa shape index (κ2) is 4.78. The number of nitrogens with zero attached hydrogens (tertiary/aromatic N) is 1. The number of rotatable bonds is 2. The van der Waals surface area contributed by atoms with Crippen molar-refractivity contribution < 1.29 is 18.3 Å². The Morgan fingerprint density at radius 3 is 2.33 bits per heavy atom. The van der Waals surface area contributed by atoms with E-state index in [4.69, 9.17) is 5.11 Å². The third-order valence-corrected chi connectivity index (χ3v) is 2.53. The Kier molecular flexibility index (Phi) is 3.34. The van der Waals surface area contributed by atoms with Gasteiger partial charge in [-0.1, -0.05) is 30.3 Å². The maximum atomic E-state index is 12.6. The van der Waals surface area contributed by atoms with E-state index in [1.54, 1.807) is 30.3 Å². The highest BCUT2D eigenvalue weighted by Crippen LogP contribution is 2.33. The summed E-state index contributed by atoms with van der Waals surface area (Å²) in [6.07, 6.45) is -3.74. The minimum Gasteiger partial charge on any atom is -0.392 e. The predicted octanol–water partition coefficient (Wildman–Crippen LogP) is 3.26. The number of hydrogen-bond acceptors (Lipinski definition) is 2. The first-order valence-corrected chi connectivity index (χ1v) is 5.25. The van der Waals surface area contributed by atoms with Gasteiger partial charge in [0.15, 0.2) is 0 Å². The van der Waals surface area contributed by atoms with Gasteiger partial charge in [0.25, 0.3) is 0 Å². The predicted molar refractivity (Wildman–Crippen MR) is 60.6 cm³/mol. The number of pyridine rings is 1. The van der Waals surface area contributed by atoms with Crippen LogP contribution in [0.3, 0.4) is 0 Å². The first kappa shape index (κ1) is 12.6. The van der Waals surface area contributed by atoms with Crippen molar-refractivity contribution in [2.45, 2.75) is 12.8 Å². The standard InChI is InChI=1S/C13H10F3NO/c14-13(15,16)11-7-17-12(6-10(11)8-18)9-4-2-1-3-5-9/h1-7,18H,8H2. The molecule has 0 aliphatic rings. The Balaban J connectivity index is 2.49. The zero-order chi connectivity index (χ0) is 13.2. The molecule has 94 valence electrons. The van der Waals surface area contributed by atoms with Crippen LogP contribution in [-0.2, 0) is 12.8 Å². The zero-order valence-corrected chi connectivity index (χ0v) is 9.28. The molecular weight excluding hydrogens is 243 g/mol. The summed E-state index contributed by atoms with van der Waals surface area (Å²) in [5.41, 5.74) is 0.0506. The molecule has 0 radical (unpaired) electrons. The number of benzene rings is 1. The first-order valence-electron chi connectivity index (χ1n) is 5.25. The highest BCUT2D eigenvalue weighted by Gasteiger charge is 2.33. The smallest absolute Gasteiger partial charge is 0.392 e. The summed E-state index contributed by atoms with van der Waals surface area (Å²) in [6.45, 7) is -0.669. The molecule has 0 saturated heterocycles. The van der Waals surface area contributed by atoms with E-state index in [2.05, 4.69) is 4.98 Å². The monoisotopic (exact) mass is 253 g/mol. The van der Waals surface area contributed by atoms with E-state index in [0.717, 1.165) is 6.20 Å². The SMILES string of the molecule is OCc1cc(-c2ccccc2)ncc1C(F)(F)F. The molecule has 0 unspecified atom stereocenters. The number of alkyl halides is 3. The van der Waals surface area contributed by atoms with Gasteiger partial charge in [-0.15, -0.1) is 0 Å². The van der Waals surface area contributed by atoms with Crippen molar-refractivity contribution in [1.82, 2.24) is 4.98 Å². The van der Waals surface area contributed by atoms with Crippen molar-refractivity contribution in [2.24, 2.45) is 0 Å². The van der Waals surface area contributed by atoms with E-state index in [0.29, 0.717) is 11.3 Å². The van der Waals surface area contributed by atoms with Gasteiger partial charge in [-0.05, 0) is 11.6 Å². The van der Waals surface area contributed by atoms with Crippen LogP contribution in [0.4, 0.5) is 13.2 Å². The van der Waals surface area contributed by atoms with Crippen molar-refractivity contribution in [3.8, 4) is 11.3 Å². The van der Waals surface area contributed by atoms with E-state index in [9.17, 15) is 13.2 Å². The summed E-state index contributed by atoms with van der Waals surface area (Å²) in [7, 11) is 0. The maximum Gasteiger partial charge on any atom is 0.418 e. The largest absolute Gasteiger partial charge is 0.418 e. The number of aliphatic hydroxyl groups is 1. The van der Waals surface area contributed by atoms with E-state index in [1.165, 1.54) is 6.07 Å².